The van der Waals surface area contributed by atoms with Crippen molar-refractivity contribution in [1.29, 1.82) is 0 Å². The molecule has 154 valence electrons. The minimum Gasteiger partial charge on any atom is -0.368 e. The first-order chi connectivity index (χ1) is 13.7. The molecule has 3 N–H and O–H groups in total. The van der Waals surface area contributed by atoms with Crippen molar-refractivity contribution in [3.05, 3.63) is 59.7 Å². The van der Waals surface area contributed by atoms with Crippen LogP contribution < -0.4 is 11.1 Å². The minimum atomic E-state index is -3.61. The predicted molar refractivity (Wildman–Crippen MR) is 109 cm³/mol. The number of nitrogens with zero attached hydrogens (tertiary/aromatic N) is 2. The van der Waals surface area contributed by atoms with Gasteiger partial charge in [0.2, 0.25) is 21.8 Å². The summed E-state index contributed by atoms with van der Waals surface area (Å²) >= 11 is 0. The van der Waals surface area contributed by atoms with Gasteiger partial charge in [0.15, 0.2) is 0 Å². The van der Waals surface area contributed by atoms with Gasteiger partial charge in [0.1, 0.15) is 0 Å². The molecule has 8 nitrogen and oxygen atoms in total. The van der Waals surface area contributed by atoms with E-state index >= 15 is 0 Å². The molecule has 3 rings (SSSR count). The van der Waals surface area contributed by atoms with Crippen LogP contribution in [0.15, 0.2) is 53.4 Å². The standard InChI is InChI=1S/C20H24N4O4S/c1-23(2)29(27,28)17-9-5-8-16(11-17)22-19(25)13-24-12-15-7-4-3-6-14(15)10-18(24)20(21)26/h3-9,11,18H,10,12-13H2,1-2H3,(H2,21,26)(H,22,25)/t18-/m0/s1. The Morgan fingerprint density at radius 2 is 1.83 bits per heavy atom. The molecule has 29 heavy (non-hydrogen) atoms. The third-order valence-corrected chi connectivity index (χ3v) is 6.73. The molecule has 1 aliphatic heterocycles. The van der Waals surface area contributed by atoms with Gasteiger partial charge in [-0.05, 0) is 35.7 Å². The zero-order valence-electron chi connectivity index (χ0n) is 16.3. The van der Waals surface area contributed by atoms with E-state index in [1.165, 1.54) is 26.2 Å². The van der Waals surface area contributed by atoms with Crippen molar-refractivity contribution in [1.82, 2.24) is 9.21 Å². The third-order valence-electron chi connectivity index (χ3n) is 4.92. The second-order valence-electron chi connectivity index (χ2n) is 7.16. The van der Waals surface area contributed by atoms with E-state index in [0.717, 1.165) is 15.4 Å². The van der Waals surface area contributed by atoms with Gasteiger partial charge < -0.3 is 11.1 Å². The highest BCUT2D eigenvalue weighted by Gasteiger charge is 2.31. The van der Waals surface area contributed by atoms with Crippen LogP contribution in [0.25, 0.3) is 0 Å². The Hall–Kier alpha value is -2.75. The molecule has 0 aromatic heterocycles. The fourth-order valence-electron chi connectivity index (χ4n) is 3.35. The minimum absolute atomic E-state index is 0.0351. The summed E-state index contributed by atoms with van der Waals surface area (Å²) in [5.41, 5.74) is 8.03. The average Bonchev–Trinajstić information content (AvgIpc) is 2.67. The molecule has 0 unspecified atom stereocenters. The maximum atomic E-state index is 12.6. The summed E-state index contributed by atoms with van der Waals surface area (Å²) in [6.07, 6.45) is 0.454. The lowest BCUT2D eigenvalue weighted by Gasteiger charge is -2.34. The van der Waals surface area contributed by atoms with Crippen LogP contribution in [0.2, 0.25) is 0 Å². The van der Waals surface area contributed by atoms with E-state index in [2.05, 4.69) is 5.32 Å². The molecule has 0 saturated carbocycles. The number of benzene rings is 2. The van der Waals surface area contributed by atoms with Gasteiger partial charge in [-0.15, -0.1) is 0 Å². The van der Waals surface area contributed by atoms with Crippen molar-refractivity contribution in [2.45, 2.75) is 23.9 Å². The zero-order chi connectivity index (χ0) is 21.2. The van der Waals surface area contributed by atoms with Gasteiger partial charge in [0, 0.05) is 26.3 Å². The number of amides is 2. The van der Waals surface area contributed by atoms with Crippen molar-refractivity contribution < 1.29 is 18.0 Å². The van der Waals surface area contributed by atoms with E-state index in [4.69, 9.17) is 5.73 Å². The van der Waals surface area contributed by atoms with Crippen molar-refractivity contribution in [3.8, 4) is 0 Å². The Bertz CT molecular complexity index is 1040. The topological polar surface area (TPSA) is 113 Å². The lowest BCUT2D eigenvalue weighted by atomic mass is 9.93. The molecule has 2 aromatic carbocycles. The first-order valence-electron chi connectivity index (χ1n) is 9.11. The van der Waals surface area contributed by atoms with Gasteiger partial charge in [-0.2, -0.15) is 0 Å². The van der Waals surface area contributed by atoms with Gasteiger partial charge in [0.05, 0.1) is 17.5 Å². The zero-order valence-corrected chi connectivity index (χ0v) is 17.1. The molecule has 0 bridgehead atoms. The normalized spacial score (nSPS) is 17.0. The number of primary amides is 1. The molecule has 0 fully saturated rings. The number of hydrogen-bond donors (Lipinski definition) is 2. The molecular formula is C20H24N4O4S. The van der Waals surface area contributed by atoms with Gasteiger partial charge in [-0.3, -0.25) is 14.5 Å². The highest BCUT2D eigenvalue weighted by Crippen LogP contribution is 2.23. The van der Waals surface area contributed by atoms with Crippen molar-refractivity contribution >= 4 is 27.5 Å². The van der Waals surface area contributed by atoms with Crippen molar-refractivity contribution in [2.24, 2.45) is 5.73 Å². The summed E-state index contributed by atoms with van der Waals surface area (Å²) < 4.78 is 25.7. The van der Waals surface area contributed by atoms with Crippen molar-refractivity contribution in [2.75, 3.05) is 26.0 Å². The maximum absolute atomic E-state index is 12.6. The van der Waals surface area contributed by atoms with Crippen LogP contribution in [-0.4, -0.2) is 56.1 Å². The number of hydrogen-bond acceptors (Lipinski definition) is 5. The summed E-state index contributed by atoms with van der Waals surface area (Å²) in [5, 5.41) is 2.71. The molecule has 0 radical (unpaired) electrons. The van der Waals surface area contributed by atoms with Crippen LogP contribution >= 0.6 is 0 Å². The molecule has 1 heterocycles. The van der Waals surface area contributed by atoms with E-state index in [9.17, 15) is 18.0 Å². The van der Waals surface area contributed by atoms with Crippen LogP contribution in [-0.2, 0) is 32.6 Å². The smallest absolute Gasteiger partial charge is 0.242 e. The number of rotatable bonds is 6. The average molecular weight is 417 g/mol. The van der Waals surface area contributed by atoms with Crippen LogP contribution in [0.3, 0.4) is 0 Å². The number of carbonyl (C=O) groups is 2. The highest BCUT2D eigenvalue weighted by atomic mass is 32.2. The second-order valence-corrected chi connectivity index (χ2v) is 9.31. The van der Waals surface area contributed by atoms with Gasteiger partial charge in [0.25, 0.3) is 0 Å². The Kier molecular flexibility index (Phi) is 6.02. The molecule has 9 heteroatoms. The lowest BCUT2D eigenvalue weighted by Crippen LogP contribution is -2.50. The predicted octanol–water partition coefficient (Wildman–Crippen LogP) is 0.788. The van der Waals surface area contributed by atoms with E-state index in [0.29, 0.717) is 18.7 Å². The van der Waals surface area contributed by atoms with Crippen LogP contribution in [0.1, 0.15) is 11.1 Å². The van der Waals surface area contributed by atoms with Gasteiger partial charge >= 0.3 is 0 Å². The molecule has 0 saturated heterocycles. The van der Waals surface area contributed by atoms with Gasteiger partial charge in [-0.25, -0.2) is 12.7 Å². The number of fused-ring (bicyclic) bond motifs is 1. The van der Waals surface area contributed by atoms with Crippen LogP contribution in [0.4, 0.5) is 5.69 Å². The molecule has 1 aliphatic rings. The van der Waals surface area contributed by atoms with E-state index < -0.39 is 22.0 Å². The van der Waals surface area contributed by atoms with E-state index in [-0.39, 0.29) is 17.3 Å². The molecule has 1 atom stereocenters. The largest absolute Gasteiger partial charge is 0.368 e. The number of carbonyl (C=O) groups excluding carboxylic acids is 2. The summed E-state index contributed by atoms with van der Waals surface area (Å²) in [5.74, 6) is -0.832. The summed E-state index contributed by atoms with van der Waals surface area (Å²) in [7, 11) is -0.719. The van der Waals surface area contributed by atoms with E-state index in [1.54, 1.807) is 17.0 Å². The Labute approximate surface area is 170 Å². The fraction of sp³-hybridized carbons (Fsp3) is 0.300. The summed E-state index contributed by atoms with van der Waals surface area (Å²) in [4.78, 5) is 26.3. The van der Waals surface area contributed by atoms with E-state index in [1.807, 2.05) is 24.3 Å². The second kappa shape index (κ2) is 8.32. The Morgan fingerprint density at radius 1 is 1.14 bits per heavy atom. The molecule has 2 amide bonds. The Balaban J connectivity index is 1.74. The third kappa shape index (κ3) is 4.64. The van der Waals surface area contributed by atoms with Gasteiger partial charge in [-0.1, -0.05) is 30.3 Å². The highest BCUT2D eigenvalue weighted by molar-refractivity contribution is 7.89. The first kappa shape index (κ1) is 21.0. The monoisotopic (exact) mass is 416 g/mol. The van der Waals surface area contributed by atoms with Crippen molar-refractivity contribution in [3.63, 3.8) is 0 Å². The molecule has 0 spiro atoms. The Morgan fingerprint density at radius 3 is 2.48 bits per heavy atom. The quantitative estimate of drug-likeness (QED) is 0.723. The number of sulfonamides is 1. The van der Waals surface area contributed by atoms with Crippen LogP contribution in [0, 0.1) is 0 Å². The number of nitrogens with one attached hydrogen (secondary N) is 1. The molecule has 2 aromatic rings. The first-order valence-corrected chi connectivity index (χ1v) is 10.5. The molecular weight excluding hydrogens is 392 g/mol. The summed E-state index contributed by atoms with van der Waals surface area (Å²) in [6, 6.07) is 13.2. The van der Waals surface area contributed by atoms with Crippen LogP contribution in [0.5, 0.6) is 0 Å². The fourth-order valence-corrected chi connectivity index (χ4v) is 4.30. The maximum Gasteiger partial charge on any atom is 0.242 e. The SMILES string of the molecule is CN(C)S(=O)(=O)c1cccc(NC(=O)CN2Cc3ccccc3C[C@H]2C(N)=O)c1. The number of anilines is 1. The molecule has 0 aliphatic carbocycles. The number of nitrogens with two attached hydrogens (primary N) is 1. The summed E-state index contributed by atoms with van der Waals surface area (Å²) in [6.45, 7) is 0.402. The lowest BCUT2D eigenvalue weighted by molar-refractivity contribution is -0.125.